The van der Waals surface area contributed by atoms with Crippen molar-refractivity contribution in [3.8, 4) is 0 Å². The highest BCUT2D eigenvalue weighted by Crippen LogP contribution is 2.30. The fourth-order valence-electron chi connectivity index (χ4n) is 3.38. The third-order valence-corrected chi connectivity index (χ3v) is 5.86. The average molecular weight is 478 g/mol. The minimum Gasteiger partial charge on any atom is -0.355 e. The molecule has 0 radical (unpaired) electrons. The van der Waals surface area contributed by atoms with Crippen molar-refractivity contribution in [2.45, 2.75) is 19.0 Å². The summed E-state index contributed by atoms with van der Waals surface area (Å²) in [5.41, 5.74) is 2.66. The molecular weight excluding hydrogens is 450 g/mol. The third kappa shape index (κ3) is 5.20. The minimum absolute atomic E-state index is 0.147. The Hall–Kier alpha value is -3.86. The SMILES string of the molecule is CCNc1nc(NCC)n2c(SCC(=O)Nc3ccccc3N(C)c3ccccc3)nnc2n1. The second kappa shape index (κ2) is 10.8. The van der Waals surface area contributed by atoms with Crippen molar-refractivity contribution in [1.82, 2.24) is 24.6 Å². The molecule has 0 aliphatic rings. The number of para-hydroxylation sites is 3. The monoisotopic (exact) mass is 477 g/mol. The smallest absolute Gasteiger partial charge is 0.261 e. The van der Waals surface area contributed by atoms with Crippen molar-refractivity contribution in [3.63, 3.8) is 0 Å². The van der Waals surface area contributed by atoms with Crippen LogP contribution in [0.3, 0.4) is 0 Å². The van der Waals surface area contributed by atoms with Crippen LogP contribution >= 0.6 is 11.8 Å². The maximum atomic E-state index is 12.8. The Morgan fingerprint density at radius 2 is 1.71 bits per heavy atom. The molecule has 0 spiro atoms. The molecule has 34 heavy (non-hydrogen) atoms. The van der Waals surface area contributed by atoms with Crippen LogP contribution in [0.2, 0.25) is 0 Å². The van der Waals surface area contributed by atoms with E-state index in [-0.39, 0.29) is 11.7 Å². The predicted molar refractivity (Wildman–Crippen MR) is 137 cm³/mol. The fourth-order valence-corrected chi connectivity index (χ4v) is 4.10. The molecule has 0 unspecified atom stereocenters. The van der Waals surface area contributed by atoms with Crippen molar-refractivity contribution in [2.75, 3.05) is 46.7 Å². The molecule has 2 aromatic carbocycles. The van der Waals surface area contributed by atoms with Gasteiger partial charge in [0.05, 0.1) is 17.1 Å². The number of benzene rings is 2. The number of carbonyl (C=O) groups excluding carboxylic acids is 1. The summed E-state index contributed by atoms with van der Waals surface area (Å²) in [5, 5.41) is 18.2. The molecule has 3 N–H and O–H groups in total. The predicted octanol–water partition coefficient (Wildman–Crippen LogP) is 3.88. The van der Waals surface area contributed by atoms with E-state index in [1.165, 1.54) is 11.8 Å². The van der Waals surface area contributed by atoms with Crippen molar-refractivity contribution in [3.05, 3.63) is 54.6 Å². The summed E-state index contributed by atoms with van der Waals surface area (Å²) in [6.07, 6.45) is 0. The highest BCUT2D eigenvalue weighted by molar-refractivity contribution is 7.99. The largest absolute Gasteiger partial charge is 0.355 e. The van der Waals surface area contributed by atoms with Crippen molar-refractivity contribution in [2.24, 2.45) is 0 Å². The topological polar surface area (TPSA) is 112 Å². The van der Waals surface area contributed by atoms with Crippen LogP contribution in [-0.2, 0) is 4.79 Å². The van der Waals surface area contributed by atoms with Crippen molar-refractivity contribution in [1.29, 1.82) is 0 Å². The summed E-state index contributed by atoms with van der Waals surface area (Å²) in [7, 11) is 1.97. The molecule has 0 saturated heterocycles. The lowest BCUT2D eigenvalue weighted by Crippen LogP contribution is -2.18. The first-order valence-corrected chi connectivity index (χ1v) is 12.0. The fraction of sp³-hybridized carbons (Fsp3) is 0.261. The summed E-state index contributed by atoms with van der Waals surface area (Å²) < 4.78 is 1.72. The van der Waals surface area contributed by atoms with Gasteiger partial charge in [-0.25, -0.2) is 4.40 Å². The van der Waals surface area contributed by atoms with Gasteiger partial charge in [-0.15, -0.1) is 10.2 Å². The number of hydrogen-bond acceptors (Lipinski definition) is 9. The first kappa shape index (κ1) is 23.3. The van der Waals surface area contributed by atoms with Gasteiger partial charge in [-0.3, -0.25) is 4.79 Å². The highest BCUT2D eigenvalue weighted by Gasteiger charge is 2.17. The van der Waals surface area contributed by atoms with Crippen LogP contribution in [0.4, 0.5) is 29.0 Å². The zero-order chi connectivity index (χ0) is 23.9. The molecule has 0 atom stereocenters. The van der Waals surface area contributed by atoms with Gasteiger partial charge in [0.2, 0.25) is 17.8 Å². The highest BCUT2D eigenvalue weighted by atomic mass is 32.2. The normalized spacial score (nSPS) is 10.8. The number of anilines is 5. The number of nitrogens with one attached hydrogen (secondary N) is 3. The molecule has 0 aliphatic carbocycles. The zero-order valence-corrected chi connectivity index (χ0v) is 20.1. The van der Waals surface area contributed by atoms with E-state index in [4.69, 9.17) is 0 Å². The Labute approximate surface area is 202 Å². The van der Waals surface area contributed by atoms with Crippen LogP contribution < -0.4 is 20.9 Å². The molecule has 0 aliphatic heterocycles. The van der Waals surface area contributed by atoms with Gasteiger partial charge < -0.3 is 20.9 Å². The summed E-state index contributed by atoms with van der Waals surface area (Å²) in [6, 6.07) is 17.7. The summed E-state index contributed by atoms with van der Waals surface area (Å²) in [4.78, 5) is 23.8. The molecule has 1 amide bonds. The van der Waals surface area contributed by atoms with Gasteiger partial charge in [-0.2, -0.15) is 9.97 Å². The maximum Gasteiger partial charge on any atom is 0.261 e. The van der Waals surface area contributed by atoms with Crippen LogP contribution in [-0.4, -0.2) is 56.4 Å². The molecular formula is C23H27N9OS. The number of aromatic nitrogens is 5. The van der Waals surface area contributed by atoms with E-state index in [0.29, 0.717) is 35.9 Å². The van der Waals surface area contributed by atoms with Crippen LogP contribution in [0.5, 0.6) is 0 Å². The number of nitrogens with zero attached hydrogens (tertiary/aromatic N) is 6. The molecule has 4 aromatic rings. The standard InChI is InChI=1S/C23H27N9OS/c1-4-24-20-27-21(25-5-2)32-22(28-20)29-30-23(32)34-15-19(33)26-17-13-9-10-14-18(17)31(3)16-11-7-6-8-12-16/h6-14H,4-5,15H2,1-3H3,(H,26,33)(H2,24,25,27,28,29). The molecule has 2 heterocycles. The van der Waals surface area contributed by atoms with Gasteiger partial charge >= 0.3 is 0 Å². The number of rotatable bonds is 10. The van der Waals surface area contributed by atoms with Gasteiger partial charge in [-0.05, 0) is 38.1 Å². The lowest BCUT2D eigenvalue weighted by atomic mass is 10.2. The Morgan fingerprint density at radius 3 is 2.47 bits per heavy atom. The number of carbonyl (C=O) groups is 1. The Balaban J connectivity index is 1.49. The summed E-state index contributed by atoms with van der Waals surface area (Å²) in [5.74, 6) is 1.48. The first-order valence-electron chi connectivity index (χ1n) is 11.0. The summed E-state index contributed by atoms with van der Waals surface area (Å²) >= 11 is 1.28. The van der Waals surface area contributed by atoms with Gasteiger partial charge in [-0.1, -0.05) is 42.1 Å². The number of fused-ring (bicyclic) bond motifs is 1. The summed E-state index contributed by atoms with van der Waals surface area (Å²) in [6.45, 7) is 5.32. The van der Waals surface area contributed by atoms with E-state index in [1.807, 2.05) is 80.4 Å². The van der Waals surface area contributed by atoms with Gasteiger partial charge in [0, 0.05) is 25.8 Å². The van der Waals surface area contributed by atoms with Crippen LogP contribution in [0.25, 0.3) is 5.78 Å². The van der Waals surface area contributed by atoms with Crippen LogP contribution in [0.1, 0.15) is 13.8 Å². The average Bonchev–Trinajstić information content (AvgIpc) is 3.27. The molecule has 0 fully saturated rings. The van der Waals surface area contributed by atoms with E-state index in [2.05, 4.69) is 36.1 Å². The Bertz CT molecular complexity index is 1260. The second-order valence-electron chi connectivity index (χ2n) is 7.30. The molecule has 11 heteroatoms. The number of amides is 1. The number of thioether (sulfide) groups is 1. The van der Waals surface area contributed by atoms with Gasteiger partial charge in [0.1, 0.15) is 0 Å². The lowest BCUT2D eigenvalue weighted by molar-refractivity contribution is -0.113. The molecule has 4 rings (SSSR count). The van der Waals surface area contributed by atoms with Crippen molar-refractivity contribution < 1.29 is 4.79 Å². The van der Waals surface area contributed by atoms with E-state index >= 15 is 0 Å². The van der Waals surface area contributed by atoms with Crippen LogP contribution in [0.15, 0.2) is 59.8 Å². The van der Waals surface area contributed by atoms with Gasteiger partial charge in [0.15, 0.2) is 5.16 Å². The van der Waals surface area contributed by atoms with E-state index < -0.39 is 0 Å². The Morgan fingerprint density at radius 1 is 0.971 bits per heavy atom. The first-order chi connectivity index (χ1) is 16.6. The lowest BCUT2D eigenvalue weighted by Gasteiger charge is -2.22. The van der Waals surface area contributed by atoms with Gasteiger partial charge in [0.25, 0.3) is 5.78 Å². The Kier molecular flexibility index (Phi) is 7.43. The number of hydrogen-bond donors (Lipinski definition) is 3. The molecule has 0 saturated carbocycles. The molecule has 10 nitrogen and oxygen atoms in total. The minimum atomic E-state index is -0.147. The second-order valence-corrected chi connectivity index (χ2v) is 8.24. The third-order valence-electron chi connectivity index (χ3n) is 4.93. The quantitative estimate of drug-likeness (QED) is 0.293. The van der Waals surface area contributed by atoms with E-state index in [0.717, 1.165) is 17.1 Å². The maximum absolute atomic E-state index is 12.8. The van der Waals surface area contributed by atoms with E-state index in [1.54, 1.807) is 4.40 Å². The molecule has 176 valence electrons. The van der Waals surface area contributed by atoms with E-state index in [9.17, 15) is 4.79 Å². The molecule has 2 aromatic heterocycles. The molecule has 0 bridgehead atoms. The zero-order valence-electron chi connectivity index (χ0n) is 19.3. The van der Waals surface area contributed by atoms with Crippen molar-refractivity contribution >= 4 is 52.4 Å². The van der Waals surface area contributed by atoms with Crippen LogP contribution in [0, 0.1) is 0 Å².